The number of carbonyl (C=O) groups excluding carboxylic acids is 1. The summed E-state index contributed by atoms with van der Waals surface area (Å²) in [6, 6.07) is 1.66. The molecule has 0 aromatic carbocycles. The Labute approximate surface area is 110 Å². The summed E-state index contributed by atoms with van der Waals surface area (Å²) >= 11 is 0. The molecule has 3 heterocycles. The number of carbonyl (C=O) groups is 1. The SMILES string of the molecule is CN(CC1CCCN1C)C(=O)C1CC2CCC1N2. The first kappa shape index (κ1) is 12.4. The first-order chi connectivity index (χ1) is 8.65. The summed E-state index contributed by atoms with van der Waals surface area (Å²) in [5, 5.41) is 3.56. The van der Waals surface area contributed by atoms with Crippen molar-refractivity contribution in [2.24, 2.45) is 5.92 Å². The number of rotatable bonds is 3. The lowest BCUT2D eigenvalue weighted by Crippen LogP contribution is -2.44. The van der Waals surface area contributed by atoms with Crippen molar-refractivity contribution < 1.29 is 4.79 Å². The van der Waals surface area contributed by atoms with E-state index in [0.717, 1.165) is 13.0 Å². The average molecular weight is 251 g/mol. The van der Waals surface area contributed by atoms with E-state index in [9.17, 15) is 4.79 Å². The zero-order valence-electron chi connectivity index (χ0n) is 11.6. The Hall–Kier alpha value is -0.610. The van der Waals surface area contributed by atoms with Gasteiger partial charge in [-0.15, -0.1) is 0 Å². The highest BCUT2D eigenvalue weighted by atomic mass is 16.2. The van der Waals surface area contributed by atoms with E-state index in [1.807, 2.05) is 11.9 Å². The second-order valence-corrected chi connectivity index (χ2v) is 6.39. The zero-order chi connectivity index (χ0) is 12.7. The van der Waals surface area contributed by atoms with Crippen LogP contribution in [0.25, 0.3) is 0 Å². The minimum atomic E-state index is 0.250. The van der Waals surface area contributed by atoms with Crippen molar-refractivity contribution in [3.8, 4) is 0 Å². The highest BCUT2D eigenvalue weighted by Gasteiger charge is 2.43. The number of nitrogens with zero attached hydrogens (tertiary/aromatic N) is 2. The first-order valence-corrected chi connectivity index (χ1v) is 7.36. The van der Waals surface area contributed by atoms with Crippen molar-refractivity contribution in [2.75, 3.05) is 27.2 Å². The summed E-state index contributed by atoms with van der Waals surface area (Å²) in [6.45, 7) is 2.09. The standard InChI is InChI=1S/C14H25N3O/c1-16-7-3-4-11(16)9-17(2)14(18)12-8-10-5-6-13(12)15-10/h10-13,15H,3-9H2,1-2H3. The molecule has 4 atom stereocenters. The Morgan fingerprint density at radius 2 is 2.22 bits per heavy atom. The van der Waals surface area contributed by atoms with E-state index >= 15 is 0 Å². The van der Waals surface area contributed by atoms with E-state index in [-0.39, 0.29) is 5.92 Å². The van der Waals surface area contributed by atoms with Gasteiger partial charge in [-0.3, -0.25) is 4.79 Å². The van der Waals surface area contributed by atoms with Gasteiger partial charge in [-0.1, -0.05) is 0 Å². The van der Waals surface area contributed by atoms with Crippen LogP contribution in [-0.4, -0.2) is 61.0 Å². The summed E-state index contributed by atoms with van der Waals surface area (Å²) < 4.78 is 0. The molecule has 0 aliphatic carbocycles. The van der Waals surface area contributed by atoms with Gasteiger partial charge in [0.2, 0.25) is 5.91 Å². The fourth-order valence-electron chi connectivity index (χ4n) is 4.00. The van der Waals surface area contributed by atoms with Gasteiger partial charge in [-0.05, 0) is 45.7 Å². The molecule has 0 radical (unpaired) electrons. The Bertz CT molecular complexity index is 333. The van der Waals surface area contributed by atoms with Crippen molar-refractivity contribution in [2.45, 2.75) is 50.2 Å². The Morgan fingerprint density at radius 3 is 2.78 bits per heavy atom. The fourth-order valence-corrected chi connectivity index (χ4v) is 4.00. The van der Waals surface area contributed by atoms with Crippen LogP contribution in [-0.2, 0) is 4.79 Å². The van der Waals surface area contributed by atoms with Gasteiger partial charge in [0, 0.05) is 31.7 Å². The number of nitrogens with one attached hydrogen (secondary N) is 1. The van der Waals surface area contributed by atoms with E-state index in [1.54, 1.807) is 0 Å². The van der Waals surface area contributed by atoms with Crippen molar-refractivity contribution in [3.63, 3.8) is 0 Å². The number of likely N-dealkylation sites (tertiary alicyclic amines) is 1. The van der Waals surface area contributed by atoms with Gasteiger partial charge in [-0.2, -0.15) is 0 Å². The van der Waals surface area contributed by atoms with Crippen molar-refractivity contribution in [1.82, 2.24) is 15.1 Å². The Balaban J connectivity index is 1.55. The van der Waals surface area contributed by atoms with Crippen molar-refractivity contribution in [3.05, 3.63) is 0 Å². The lowest BCUT2D eigenvalue weighted by Gasteiger charge is -2.29. The predicted octanol–water partition coefficient (Wildman–Crippen LogP) is 0.680. The molecule has 0 aromatic rings. The van der Waals surface area contributed by atoms with Gasteiger partial charge in [0.25, 0.3) is 0 Å². The summed E-state index contributed by atoms with van der Waals surface area (Å²) in [6.07, 6.45) is 6.04. The molecule has 3 aliphatic heterocycles. The number of amides is 1. The number of fused-ring (bicyclic) bond motifs is 2. The highest BCUT2D eigenvalue weighted by Crippen LogP contribution is 2.34. The summed E-state index contributed by atoms with van der Waals surface area (Å²) in [7, 11) is 4.16. The molecule has 18 heavy (non-hydrogen) atoms. The van der Waals surface area contributed by atoms with Crippen LogP contribution < -0.4 is 5.32 Å². The molecule has 3 fully saturated rings. The molecule has 4 heteroatoms. The molecule has 0 spiro atoms. The van der Waals surface area contributed by atoms with E-state index in [0.29, 0.717) is 24.0 Å². The lowest BCUT2D eigenvalue weighted by atomic mass is 9.88. The molecule has 0 saturated carbocycles. The van der Waals surface area contributed by atoms with Crippen molar-refractivity contribution >= 4 is 5.91 Å². The summed E-state index contributed by atoms with van der Waals surface area (Å²) in [5.74, 6) is 0.621. The number of likely N-dealkylation sites (N-methyl/N-ethyl adjacent to an activating group) is 2. The minimum absolute atomic E-state index is 0.250. The molecular formula is C14H25N3O. The molecule has 4 nitrogen and oxygen atoms in total. The maximum Gasteiger partial charge on any atom is 0.227 e. The van der Waals surface area contributed by atoms with Crippen molar-refractivity contribution in [1.29, 1.82) is 0 Å². The molecule has 4 unspecified atom stereocenters. The average Bonchev–Trinajstić information content (AvgIpc) is 3.05. The molecule has 1 N–H and O–H groups in total. The van der Waals surface area contributed by atoms with Crippen LogP contribution in [0.5, 0.6) is 0 Å². The van der Waals surface area contributed by atoms with Crippen LogP contribution in [0, 0.1) is 5.92 Å². The third-order valence-electron chi connectivity index (χ3n) is 5.15. The van der Waals surface area contributed by atoms with E-state index in [2.05, 4.69) is 17.3 Å². The van der Waals surface area contributed by atoms with Crippen LogP contribution in [0.3, 0.4) is 0 Å². The molecule has 0 aromatic heterocycles. The molecule has 2 bridgehead atoms. The third-order valence-corrected chi connectivity index (χ3v) is 5.15. The minimum Gasteiger partial charge on any atom is -0.344 e. The molecule has 1 amide bonds. The maximum atomic E-state index is 12.5. The largest absolute Gasteiger partial charge is 0.344 e. The Morgan fingerprint density at radius 1 is 1.39 bits per heavy atom. The van der Waals surface area contributed by atoms with Crippen LogP contribution in [0.15, 0.2) is 0 Å². The quantitative estimate of drug-likeness (QED) is 0.801. The third kappa shape index (κ3) is 2.16. The summed E-state index contributed by atoms with van der Waals surface area (Å²) in [5.41, 5.74) is 0. The highest BCUT2D eigenvalue weighted by molar-refractivity contribution is 5.80. The molecule has 3 saturated heterocycles. The monoisotopic (exact) mass is 251 g/mol. The van der Waals surface area contributed by atoms with E-state index in [4.69, 9.17) is 0 Å². The van der Waals surface area contributed by atoms with Gasteiger partial charge in [0.05, 0.1) is 5.92 Å². The predicted molar refractivity (Wildman–Crippen MR) is 71.3 cm³/mol. The smallest absolute Gasteiger partial charge is 0.227 e. The number of hydrogen-bond acceptors (Lipinski definition) is 3. The topological polar surface area (TPSA) is 35.6 Å². The molecule has 102 valence electrons. The second kappa shape index (κ2) is 4.82. The van der Waals surface area contributed by atoms with E-state index in [1.165, 1.54) is 32.2 Å². The van der Waals surface area contributed by atoms with Gasteiger partial charge in [0.15, 0.2) is 0 Å². The normalized spacial score (nSPS) is 39.4. The van der Waals surface area contributed by atoms with Crippen LogP contribution >= 0.6 is 0 Å². The van der Waals surface area contributed by atoms with Crippen LogP contribution in [0.2, 0.25) is 0 Å². The van der Waals surface area contributed by atoms with Gasteiger partial charge in [-0.25, -0.2) is 0 Å². The van der Waals surface area contributed by atoms with Gasteiger partial charge >= 0.3 is 0 Å². The fraction of sp³-hybridized carbons (Fsp3) is 0.929. The molecule has 3 rings (SSSR count). The van der Waals surface area contributed by atoms with Gasteiger partial charge in [0.1, 0.15) is 0 Å². The first-order valence-electron chi connectivity index (χ1n) is 7.36. The lowest BCUT2D eigenvalue weighted by molar-refractivity contribution is -0.135. The van der Waals surface area contributed by atoms with Gasteiger partial charge < -0.3 is 15.1 Å². The Kier molecular flexibility index (Phi) is 3.32. The molecule has 3 aliphatic rings. The number of hydrogen-bond donors (Lipinski definition) is 1. The van der Waals surface area contributed by atoms with Crippen LogP contribution in [0.4, 0.5) is 0 Å². The van der Waals surface area contributed by atoms with Crippen LogP contribution in [0.1, 0.15) is 32.1 Å². The maximum absolute atomic E-state index is 12.5. The molecular weight excluding hydrogens is 226 g/mol. The summed E-state index contributed by atoms with van der Waals surface area (Å²) in [4.78, 5) is 16.9. The van der Waals surface area contributed by atoms with E-state index < -0.39 is 0 Å². The second-order valence-electron chi connectivity index (χ2n) is 6.39. The zero-order valence-corrected chi connectivity index (χ0v) is 11.6.